The topological polar surface area (TPSA) is 64.8 Å². The van der Waals surface area contributed by atoms with Gasteiger partial charge in [0, 0.05) is 36.7 Å². The molecule has 0 unspecified atom stereocenters. The number of ether oxygens (including phenoxy) is 2. The largest absolute Gasteiger partial charge is 0.472 e. The van der Waals surface area contributed by atoms with Gasteiger partial charge in [-0.05, 0) is 30.2 Å². The van der Waals surface area contributed by atoms with E-state index in [1.165, 1.54) is 12.5 Å². The summed E-state index contributed by atoms with van der Waals surface area (Å²) in [5.74, 6) is 1.48. The van der Waals surface area contributed by atoms with Crippen molar-refractivity contribution in [3.63, 3.8) is 0 Å². The van der Waals surface area contributed by atoms with Gasteiger partial charge in [0.15, 0.2) is 11.5 Å². The zero-order valence-electron chi connectivity index (χ0n) is 14.2. The van der Waals surface area contributed by atoms with Crippen LogP contribution < -0.4 is 9.47 Å². The maximum atomic E-state index is 12.6. The minimum atomic E-state index is -0.00964. The highest BCUT2D eigenvalue weighted by Crippen LogP contribution is 2.38. The van der Waals surface area contributed by atoms with E-state index in [0.29, 0.717) is 18.7 Å². The number of furan rings is 1. The summed E-state index contributed by atoms with van der Waals surface area (Å²) in [5.41, 5.74) is 4.81. The van der Waals surface area contributed by atoms with E-state index in [1.807, 2.05) is 17.0 Å². The first-order chi connectivity index (χ1) is 12.2. The van der Waals surface area contributed by atoms with Gasteiger partial charge in [0.05, 0.1) is 17.3 Å². The number of rotatable bonds is 1. The Morgan fingerprint density at radius 3 is 2.81 bits per heavy atom. The summed E-state index contributed by atoms with van der Waals surface area (Å²) < 4.78 is 16.0. The second-order valence-electron chi connectivity index (χ2n) is 6.37. The average molecular weight is 373 g/mol. The maximum Gasteiger partial charge on any atom is 0.257 e. The Balaban J connectivity index is 0.00000168. The van der Waals surface area contributed by atoms with E-state index in [9.17, 15) is 4.79 Å². The van der Waals surface area contributed by atoms with Crippen LogP contribution in [0.4, 0.5) is 0 Å². The predicted octanol–water partition coefficient (Wildman–Crippen LogP) is 3.49. The fourth-order valence-corrected chi connectivity index (χ4v) is 3.59. The number of aromatic nitrogens is 1. The molecule has 0 saturated heterocycles. The lowest BCUT2D eigenvalue weighted by atomic mass is 9.96. The van der Waals surface area contributed by atoms with Crippen molar-refractivity contribution >= 4 is 29.2 Å². The van der Waals surface area contributed by atoms with E-state index >= 15 is 0 Å². The lowest BCUT2D eigenvalue weighted by Gasteiger charge is -2.29. The minimum Gasteiger partial charge on any atom is -0.472 e. The molecule has 2 aromatic heterocycles. The number of nitrogens with zero attached hydrogens (tertiary/aromatic N) is 2. The number of carbonyl (C=O) groups excluding carboxylic acids is 1. The van der Waals surface area contributed by atoms with Crippen LogP contribution in [0.5, 0.6) is 11.5 Å². The summed E-state index contributed by atoms with van der Waals surface area (Å²) in [5, 5.41) is 1.04. The molecule has 0 N–H and O–H groups in total. The molecule has 1 amide bonds. The van der Waals surface area contributed by atoms with Crippen molar-refractivity contribution in [1.29, 1.82) is 0 Å². The summed E-state index contributed by atoms with van der Waals surface area (Å²) in [4.78, 5) is 19.3. The molecule has 7 heteroatoms. The van der Waals surface area contributed by atoms with E-state index in [0.717, 1.165) is 45.6 Å². The lowest BCUT2D eigenvalue weighted by Crippen LogP contribution is -2.36. The Hall–Kier alpha value is -2.73. The molecule has 134 valence electrons. The summed E-state index contributed by atoms with van der Waals surface area (Å²) in [6.07, 6.45) is 3.75. The molecule has 0 aliphatic carbocycles. The quantitative estimate of drug-likeness (QED) is 0.654. The van der Waals surface area contributed by atoms with Crippen LogP contribution in [0.25, 0.3) is 10.9 Å². The molecule has 3 aromatic rings. The van der Waals surface area contributed by atoms with Crippen molar-refractivity contribution in [2.75, 3.05) is 13.3 Å². The molecular formula is C19H17ClN2O4. The number of benzene rings is 1. The third kappa shape index (κ3) is 2.49. The van der Waals surface area contributed by atoms with E-state index in [4.69, 9.17) is 18.9 Å². The molecule has 6 nitrogen and oxygen atoms in total. The maximum absolute atomic E-state index is 12.6. The van der Waals surface area contributed by atoms with Crippen LogP contribution in [0.1, 0.15) is 27.2 Å². The Kier molecular flexibility index (Phi) is 4.00. The monoisotopic (exact) mass is 372 g/mol. The first-order valence-electron chi connectivity index (χ1n) is 8.24. The van der Waals surface area contributed by atoms with E-state index in [1.54, 1.807) is 6.07 Å². The normalized spacial score (nSPS) is 14.9. The van der Waals surface area contributed by atoms with Crippen LogP contribution in [-0.2, 0) is 13.0 Å². The number of halogens is 1. The van der Waals surface area contributed by atoms with E-state index in [-0.39, 0.29) is 25.1 Å². The highest BCUT2D eigenvalue weighted by molar-refractivity contribution is 5.94. The predicted molar refractivity (Wildman–Crippen MR) is 97.0 cm³/mol. The molecule has 1 aromatic carbocycles. The lowest BCUT2D eigenvalue weighted by molar-refractivity contribution is 0.0732. The second kappa shape index (κ2) is 6.21. The summed E-state index contributed by atoms with van der Waals surface area (Å²) in [7, 11) is 0. The Labute approximate surface area is 156 Å². The van der Waals surface area contributed by atoms with Crippen molar-refractivity contribution < 1.29 is 18.7 Å². The minimum absolute atomic E-state index is 0. The third-order valence-corrected chi connectivity index (χ3v) is 4.97. The number of carbonyl (C=O) groups is 1. The number of aryl methyl sites for hydroxylation is 1. The van der Waals surface area contributed by atoms with E-state index in [2.05, 4.69) is 6.92 Å². The standard InChI is InChI=1S/C19H16N2O4.ClH/c1-11-13-6-17-18(25-10-24-17)7-16(13)20-15-2-4-21(8-14(11)15)19(22)12-3-5-23-9-12;/h3,5-7,9H,2,4,8,10H2,1H3;1H. The molecule has 2 aliphatic rings. The molecule has 0 bridgehead atoms. The second-order valence-corrected chi connectivity index (χ2v) is 6.37. The van der Waals surface area contributed by atoms with Crippen LogP contribution in [0.2, 0.25) is 0 Å². The highest BCUT2D eigenvalue weighted by atomic mass is 35.5. The van der Waals surface area contributed by atoms with Gasteiger partial charge in [-0.25, -0.2) is 0 Å². The van der Waals surface area contributed by atoms with Crippen molar-refractivity contribution in [2.24, 2.45) is 0 Å². The Morgan fingerprint density at radius 2 is 2.04 bits per heavy atom. The van der Waals surface area contributed by atoms with Gasteiger partial charge in [-0.1, -0.05) is 0 Å². The molecule has 0 fully saturated rings. The van der Waals surface area contributed by atoms with Crippen molar-refractivity contribution in [1.82, 2.24) is 9.88 Å². The van der Waals surface area contributed by atoms with E-state index < -0.39 is 0 Å². The summed E-state index contributed by atoms with van der Waals surface area (Å²) in [6.45, 7) is 3.54. The number of hydrogen-bond acceptors (Lipinski definition) is 5. The molecule has 0 radical (unpaired) electrons. The first-order valence-corrected chi connectivity index (χ1v) is 8.24. The molecule has 0 saturated carbocycles. The molecule has 2 aliphatic heterocycles. The average Bonchev–Trinajstić information content (AvgIpc) is 3.31. The van der Waals surface area contributed by atoms with Crippen LogP contribution >= 0.6 is 12.4 Å². The van der Waals surface area contributed by atoms with Crippen molar-refractivity contribution in [3.05, 3.63) is 53.1 Å². The van der Waals surface area contributed by atoms with Crippen LogP contribution in [0, 0.1) is 6.92 Å². The van der Waals surface area contributed by atoms with Gasteiger partial charge < -0.3 is 18.8 Å². The smallest absolute Gasteiger partial charge is 0.257 e. The van der Waals surface area contributed by atoms with Gasteiger partial charge in [-0.15, -0.1) is 12.4 Å². The molecule has 5 rings (SSSR count). The van der Waals surface area contributed by atoms with Crippen LogP contribution in [0.15, 0.2) is 35.1 Å². The zero-order valence-corrected chi connectivity index (χ0v) is 15.0. The van der Waals surface area contributed by atoms with Gasteiger partial charge in [-0.2, -0.15) is 0 Å². The van der Waals surface area contributed by atoms with Gasteiger partial charge in [0.25, 0.3) is 5.91 Å². The van der Waals surface area contributed by atoms with Crippen molar-refractivity contribution in [3.8, 4) is 11.5 Å². The number of fused-ring (bicyclic) bond motifs is 3. The Morgan fingerprint density at radius 1 is 1.23 bits per heavy atom. The molecule has 4 heterocycles. The fraction of sp³-hybridized carbons (Fsp3) is 0.263. The molecule has 0 atom stereocenters. The molecular weight excluding hydrogens is 356 g/mol. The number of amides is 1. The van der Waals surface area contributed by atoms with Gasteiger partial charge in [0.2, 0.25) is 6.79 Å². The molecule has 26 heavy (non-hydrogen) atoms. The zero-order chi connectivity index (χ0) is 17.0. The van der Waals surface area contributed by atoms with Gasteiger partial charge >= 0.3 is 0 Å². The SMILES string of the molecule is Cc1c2c(nc3cc4c(cc13)OCO4)CCN(C(=O)c1ccoc1)C2.Cl. The number of hydrogen-bond donors (Lipinski definition) is 0. The highest BCUT2D eigenvalue weighted by Gasteiger charge is 2.26. The van der Waals surface area contributed by atoms with Crippen LogP contribution in [-0.4, -0.2) is 29.1 Å². The summed E-state index contributed by atoms with van der Waals surface area (Å²) in [6, 6.07) is 5.62. The Bertz CT molecular complexity index is 1000. The first kappa shape index (κ1) is 16.7. The third-order valence-electron chi connectivity index (χ3n) is 4.97. The van der Waals surface area contributed by atoms with Gasteiger partial charge in [0.1, 0.15) is 6.26 Å². The molecule has 0 spiro atoms. The fourth-order valence-electron chi connectivity index (χ4n) is 3.59. The number of pyridine rings is 1. The van der Waals surface area contributed by atoms with Gasteiger partial charge in [-0.3, -0.25) is 9.78 Å². The van der Waals surface area contributed by atoms with Crippen molar-refractivity contribution in [2.45, 2.75) is 19.9 Å². The summed E-state index contributed by atoms with van der Waals surface area (Å²) >= 11 is 0. The van der Waals surface area contributed by atoms with Crippen LogP contribution in [0.3, 0.4) is 0 Å².